The number of morpholine rings is 1. The van der Waals surface area contributed by atoms with Gasteiger partial charge in [0.15, 0.2) is 0 Å². The van der Waals surface area contributed by atoms with E-state index in [1.54, 1.807) is 19.2 Å². The summed E-state index contributed by atoms with van der Waals surface area (Å²) in [5, 5.41) is 2.95. The van der Waals surface area contributed by atoms with Crippen LogP contribution in [0.1, 0.15) is 5.56 Å². The number of amides is 1. The number of fused-ring (bicyclic) bond motifs is 1. The van der Waals surface area contributed by atoms with Gasteiger partial charge in [-0.3, -0.25) is 0 Å². The lowest BCUT2D eigenvalue weighted by Crippen LogP contribution is -2.36. The molecule has 4 rings (SSSR count). The number of hydrogen-bond acceptors (Lipinski definition) is 7. The van der Waals surface area contributed by atoms with E-state index in [1.165, 1.54) is 23.5 Å². The zero-order valence-corrected chi connectivity index (χ0v) is 17.3. The molecule has 1 N–H and O–H groups in total. The van der Waals surface area contributed by atoms with Gasteiger partial charge in [0.05, 0.1) is 30.7 Å². The highest BCUT2D eigenvalue weighted by Crippen LogP contribution is 2.40. The molecule has 0 atom stereocenters. The first-order valence-electron chi connectivity index (χ1n) is 9.64. The molecule has 2 heterocycles. The van der Waals surface area contributed by atoms with E-state index < -0.39 is 6.09 Å². The molecule has 1 aliphatic rings. The van der Waals surface area contributed by atoms with Crippen molar-refractivity contribution in [3.8, 4) is 10.9 Å². The topological polar surface area (TPSA) is 72.9 Å². The lowest BCUT2D eigenvalue weighted by atomic mass is 10.1. The third-order valence-electron chi connectivity index (χ3n) is 4.81. The predicted molar refractivity (Wildman–Crippen MR) is 113 cm³/mol. The molecule has 0 saturated carbocycles. The van der Waals surface area contributed by atoms with Crippen molar-refractivity contribution >= 4 is 33.3 Å². The summed E-state index contributed by atoms with van der Waals surface area (Å²) < 4.78 is 30.1. The Bertz CT molecular complexity index is 1020. The van der Waals surface area contributed by atoms with E-state index in [0.29, 0.717) is 37.4 Å². The van der Waals surface area contributed by atoms with Crippen LogP contribution >= 0.6 is 11.3 Å². The van der Waals surface area contributed by atoms with Gasteiger partial charge in [0, 0.05) is 19.6 Å². The third-order valence-corrected chi connectivity index (χ3v) is 5.77. The zero-order chi connectivity index (χ0) is 20.9. The second-order valence-corrected chi connectivity index (χ2v) is 7.70. The summed E-state index contributed by atoms with van der Waals surface area (Å²) in [7, 11) is 1.59. The molecule has 7 nitrogen and oxygen atoms in total. The summed E-state index contributed by atoms with van der Waals surface area (Å²) >= 11 is 1.31. The van der Waals surface area contributed by atoms with Crippen LogP contribution in [0.15, 0.2) is 36.4 Å². The molecular formula is C21H22FN3O4S. The summed E-state index contributed by atoms with van der Waals surface area (Å²) in [6.45, 7) is 3.30. The Labute approximate surface area is 177 Å². The molecule has 1 fully saturated rings. The average Bonchev–Trinajstić information content (AvgIpc) is 3.18. The van der Waals surface area contributed by atoms with Crippen LogP contribution in [0, 0.1) is 5.82 Å². The zero-order valence-electron chi connectivity index (χ0n) is 16.5. The molecule has 3 aromatic rings. The molecule has 0 spiro atoms. The first-order chi connectivity index (χ1) is 14.6. The number of hydrogen-bond donors (Lipinski definition) is 1. The molecule has 1 aliphatic heterocycles. The number of ether oxygens (including phenoxy) is 3. The molecule has 0 bridgehead atoms. The van der Waals surface area contributed by atoms with Crippen molar-refractivity contribution in [3.63, 3.8) is 0 Å². The number of benzene rings is 2. The maximum atomic E-state index is 13.0. The second kappa shape index (κ2) is 9.27. The van der Waals surface area contributed by atoms with E-state index in [1.807, 2.05) is 12.1 Å². The van der Waals surface area contributed by atoms with Crippen molar-refractivity contribution in [1.82, 2.24) is 10.3 Å². The lowest BCUT2D eigenvalue weighted by Gasteiger charge is -2.29. The molecule has 1 saturated heterocycles. The van der Waals surface area contributed by atoms with Gasteiger partial charge in [-0.2, -0.15) is 4.98 Å². The van der Waals surface area contributed by atoms with Crippen molar-refractivity contribution in [2.45, 2.75) is 6.42 Å². The minimum Gasteiger partial charge on any atom is -0.494 e. The van der Waals surface area contributed by atoms with E-state index in [-0.39, 0.29) is 11.0 Å². The molecule has 30 heavy (non-hydrogen) atoms. The van der Waals surface area contributed by atoms with Gasteiger partial charge >= 0.3 is 6.09 Å². The maximum Gasteiger partial charge on any atom is 0.414 e. The number of thiazole rings is 1. The van der Waals surface area contributed by atoms with Gasteiger partial charge in [-0.25, -0.2) is 9.18 Å². The van der Waals surface area contributed by atoms with Crippen LogP contribution in [0.2, 0.25) is 0 Å². The Kier molecular flexibility index (Phi) is 6.29. The van der Waals surface area contributed by atoms with Crippen LogP contribution in [0.4, 0.5) is 14.9 Å². The molecule has 0 aliphatic carbocycles. The standard InChI is InChI=1S/C21H22FN3O4S/c1-27-17-7-6-16(25-10-12-28-13-11-25)19-18(17)24-21(30-19)29-20(26)23-9-8-14-2-4-15(22)5-3-14/h2-7H,8-13H2,1H3,(H,23,26). The highest BCUT2D eigenvalue weighted by molar-refractivity contribution is 7.21. The van der Waals surface area contributed by atoms with Crippen LogP contribution in [-0.2, 0) is 11.2 Å². The number of anilines is 1. The molecule has 158 valence electrons. The number of rotatable bonds is 6. The van der Waals surface area contributed by atoms with Crippen LogP contribution in [-0.4, -0.2) is 51.0 Å². The molecular weight excluding hydrogens is 409 g/mol. The number of nitrogens with one attached hydrogen (secondary N) is 1. The molecule has 0 unspecified atom stereocenters. The Morgan fingerprint density at radius 3 is 2.73 bits per heavy atom. The predicted octanol–water partition coefficient (Wildman–Crippen LogP) is 3.61. The third kappa shape index (κ3) is 4.63. The fourth-order valence-electron chi connectivity index (χ4n) is 3.29. The minimum absolute atomic E-state index is 0.253. The number of methoxy groups -OCH3 is 1. The number of carbonyl (C=O) groups is 1. The number of carbonyl (C=O) groups excluding carboxylic acids is 1. The van der Waals surface area contributed by atoms with Gasteiger partial charge in [-0.15, -0.1) is 0 Å². The number of halogens is 1. The van der Waals surface area contributed by atoms with Gasteiger partial charge < -0.3 is 24.4 Å². The van der Waals surface area contributed by atoms with Gasteiger partial charge in [0.25, 0.3) is 5.19 Å². The summed E-state index contributed by atoms with van der Waals surface area (Å²) in [6, 6.07) is 10.0. The van der Waals surface area contributed by atoms with Crippen molar-refractivity contribution in [3.05, 3.63) is 47.8 Å². The monoisotopic (exact) mass is 431 g/mol. The van der Waals surface area contributed by atoms with Gasteiger partial charge in [-0.05, 0) is 36.2 Å². The Morgan fingerprint density at radius 2 is 2.00 bits per heavy atom. The molecule has 1 amide bonds. The van der Waals surface area contributed by atoms with Gasteiger partial charge in [-0.1, -0.05) is 23.5 Å². The van der Waals surface area contributed by atoms with Crippen LogP contribution in [0.5, 0.6) is 10.9 Å². The van der Waals surface area contributed by atoms with Crippen molar-refractivity contribution in [2.24, 2.45) is 0 Å². The average molecular weight is 431 g/mol. The van der Waals surface area contributed by atoms with E-state index in [2.05, 4.69) is 15.2 Å². The largest absolute Gasteiger partial charge is 0.494 e. The fraction of sp³-hybridized carbons (Fsp3) is 0.333. The Hall–Kier alpha value is -2.91. The summed E-state index contributed by atoms with van der Waals surface area (Å²) in [6.07, 6.45) is -0.00687. The van der Waals surface area contributed by atoms with Gasteiger partial charge in [0.1, 0.15) is 17.1 Å². The highest BCUT2D eigenvalue weighted by Gasteiger charge is 2.20. The molecule has 1 aromatic heterocycles. The van der Waals surface area contributed by atoms with E-state index >= 15 is 0 Å². The van der Waals surface area contributed by atoms with E-state index in [4.69, 9.17) is 14.2 Å². The van der Waals surface area contributed by atoms with Crippen LogP contribution < -0.4 is 19.7 Å². The molecule has 9 heteroatoms. The molecule has 0 radical (unpaired) electrons. The summed E-state index contributed by atoms with van der Waals surface area (Å²) in [4.78, 5) is 18.9. The highest BCUT2D eigenvalue weighted by atomic mass is 32.1. The van der Waals surface area contributed by atoms with Crippen molar-refractivity contribution < 1.29 is 23.4 Å². The first kappa shape index (κ1) is 20.4. The van der Waals surface area contributed by atoms with Crippen molar-refractivity contribution in [2.75, 3.05) is 44.9 Å². The number of nitrogens with zero attached hydrogens (tertiary/aromatic N) is 2. The smallest absolute Gasteiger partial charge is 0.414 e. The Balaban J connectivity index is 1.44. The lowest BCUT2D eigenvalue weighted by molar-refractivity contribution is 0.123. The van der Waals surface area contributed by atoms with E-state index in [9.17, 15) is 9.18 Å². The number of aromatic nitrogens is 1. The SMILES string of the molecule is COc1ccc(N2CCOCC2)c2sc(OC(=O)NCCc3ccc(F)cc3)nc12. The minimum atomic E-state index is -0.581. The van der Waals surface area contributed by atoms with Crippen LogP contribution in [0.25, 0.3) is 10.2 Å². The fourth-order valence-corrected chi connectivity index (χ4v) is 4.26. The summed E-state index contributed by atoms with van der Waals surface area (Å²) in [5.41, 5.74) is 2.62. The maximum absolute atomic E-state index is 13.0. The molecule has 2 aromatic carbocycles. The first-order valence-corrected chi connectivity index (χ1v) is 10.5. The van der Waals surface area contributed by atoms with Gasteiger partial charge in [0.2, 0.25) is 0 Å². The van der Waals surface area contributed by atoms with Crippen LogP contribution in [0.3, 0.4) is 0 Å². The normalized spacial score (nSPS) is 14.0. The second-order valence-electron chi connectivity index (χ2n) is 6.74. The Morgan fingerprint density at radius 1 is 1.23 bits per heavy atom. The summed E-state index contributed by atoms with van der Waals surface area (Å²) in [5.74, 6) is 0.346. The quantitative estimate of drug-likeness (QED) is 0.643. The van der Waals surface area contributed by atoms with E-state index in [0.717, 1.165) is 29.0 Å². The van der Waals surface area contributed by atoms with Crippen molar-refractivity contribution in [1.29, 1.82) is 0 Å².